The minimum absolute atomic E-state index is 0.0295. The Bertz CT molecular complexity index is 1400. The molecule has 1 aliphatic rings. The molecule has 11 heteroatoms. The van der Waals surface area contributed by atoms with Gasteiger partial charge in [0.25, 0.3) is 5.56 Å². The Labute approximate surface area is 208 Å². The quantitative estimate of drug-likeness (QED) is 0.478. The van der Waals surface area contributed by atoms with Gasteiger partial charge in [0.2, 0.25) is 10.0 Å². The van der Waals surface area contributed by atoms with Gasteiger partial charge < -0.3 is 9.64 Å². The summed E-state index contributed by atoms with van der Waals surface area (Å²) in [5, 5.41) is 3.69. The number of anilines is 1. The molecular weight excluding hydrogens is 490 g/mol. The van der Waals surface area contributed by atoms with Crippen LogP contribution in [0.1, 0.15) is 25.0 Å². The number of ether oxygens (including phenoxy) is 1. The highest BCUT2D eigenvalue weighted by Gasteiger charge is 2.31. The lowest BCUT2D eigenvalue weighted by molar-refractivity contribution is 0.380. The molecule has 0 bridgehead atoms. The van der Waals surface area contributed by atoms with Crippen LogP contribution in [0.15, 0.2) is 53.5 Å². The number of para-hydroxylation sites is 1. The molecule has 0 aliphatic carbocycles. The second-order valence-electron chi connectivity index (χ2n) is 8.82. The first-order valence-corrected chi connectivity index (χ1v) is 13.1. The van der Waals surface area contributed by atoms with Gasteiger partial charge >= 0.3 is 0 Å². The Morgan fingerprint density at radius 2 is 1.67 bits per heavy atom. The number of aromatic nitrogens is 2. The predicted octanol–water partition coefficient (Wildman–Crippen LogP) is 2.97. The van der Waals surface area contributed by atoms with Crippen molar-refractivity contribution in [3.63, 3.8) is 0 Å². The minimum Gasteiger partial charge on any atom is -0.496 e. The zero-order valence-electron chi connectivity index (χ0n) is 20.3. The first-order valence-electron chi connectivity index (χ1n) is 11.5. The normalized spacial score (nSPS) is 14.9. The number of nitrogens with zero attached hydrogens (tertiary/aromatic N) is 4. The number of benzene rings is 2. The molecule has 0 amide bonds. The molecule has 0 N–H and O–H groups in total. The van der Waals surface area contributed by atoms with Crippen LogP contribution in [0, 0.1) is 11.6 Å². The summed E-state index contributed by atoms with van der Waals surface area (Å²) < 4.78 is 60.8. The van der Waals surface area contributed by atoms with E-state index in [1.54, 1.807) is 19.9 Å². The third-order valence-corrected chi connectivity index (χ3v) is 8.52. The summed E-state index contributed by atoms with van der Waals surface area (Å²) in [6.45, 7) is 4.56. The molecule has 1 aromatic heterocycles. The molecule has 0 radical (unpaired) electrons. The van der Waals surface area contributed by atoms with Gasteiger partial charge in [-0.05, 0) is 37.6 Å². The van der Waals surface area contributed by atoms with Gasteiger partial charge in [-0.3, -0.25) is 4.79 Å². The van der Waals surface area contributed by atoms with E-state index in [2.05, 4.69) is 5.10 Å². The van der Waals surface area contributed by atoms with Crippen molar-refractivity contribution in [3.8, 4) is 11.4 Å². The molecule has 2 heterocycles. The van der Waals surface area contributed by atoms with Crippen LogP contribution in [-0.4, -0.2) is 61.0 Å². The fourth-order valence-electron chi connectivity index (χ4n) is 4.29. The fourth-order valence-corrected chi connectivity index (χ4v) is 5.55. The Balaban J connectivity index is 1.76. The average Bonchev–Trinajstić information content (AvgIpc) is 2.85. The summed E-state index contributed by atoms with van der Waals surface area (Å²) in [4.78, 5) is 15.6. The van der Waals surface area contributed by atoms with Crippen LogP contribution in [0.2, 0.25) is 0 Å². The molecule has 192 valence electrons. The number of sulfonamides is 1. The van der Waals surface area contributed by atoms with Gasteiger partial charge in [0, 0.05) is 44.2 Å². The van der Waals surface area contributed by atoms with E-state index in [4.69, 9.17) is 4.74 Å². The lowest BCUT2D eigenvalue weighted by Crippen LogP contribution is -2.51. The number of methoxy groups -OCH3 is 1. The molecule has 1 fully saturated rings. The Hall–Kier alpha value is -3.31. The maximum atomic E-state index is 13.9. The average molecular weight is 519 g/mol. The molecule has 8 nitrogen and oxygen atoms in total. The van der Waals surface area contributed by atoms with Crippen LogP contribution in [0.25, 0.3) is 5.69 Å². The maximum absolute atomic E-state index is 13.9. The first-order chi connectivity index (χ1) is 17.1. The summed E-state index contributed by atoms with van der Waals surface area (Å²) in [6, 6.07) is 10.1. The second kappa shape index (κ2) is 10.4. The minimum atomic E-state index is -3.39. The van der Waals surface area contributed by atoms with E-state index in [9.17, 15) is 22.0 Å². The van der Waals surface area contributed by atoms with Crippen LogP contribution in [0.3, 0.4) is 0 Å². The van der Waals surface area contributed by atoms with Crippen LogP contribution >= 0.6 is 0 Å². The highest BCUT2D eigenvalue weighted by atomic mass is 32.2. The summed E-state index contributed by atoms with van der Waals surface area (Å²) >= 11 is 0. The molecule has 0 unspecified atom stereocenters. The van der Waals surface area contributed by atoms with Crippen molar-refractivity contribution in [1.82, 2.24) is 14.1 Å². The van der Waals surface area contributed by atoms with Gasteiger partial charge in [-0.15, -0.1) is 0 Å². The smallest absolute Gasteiger partial charge is 0.277 e. The zero-order chi connectivity index (χ0) is 26.0. The number of halogens is 2. The summed E-state index contributed by atoms with van der Waals surface area (Å²) in [7, 11) is -1.86. The van der Waals surface area contributed by atoms with Gasteiger partial charge in [-0.25, -0.2) is 17.2 Å². The first kappa shape index (κ1) is 25.8. The summed E-state index contributed by atoms with van der Waals surface area (Å²) in [5.74, 6) is -1.05. The van der Waals surface area contributed by atoms with Gasteiger partial charge in [0.15, 0.2) is 0 Å². The molecule has 1 aliphatic heterocycles. The molecule has 1 saturated heterocycles. The number of hydrogen-bond acceptors (Lipinski definition) is 6. The van der Waals surface area contributed by atoms with Crippen LogP contribution in [-0.2, 0) is 16.4 Å². The van der Waals surface area contributed by atoms with E-state index in [1.165, 1.54) is 17.6 Å². The van der Waals surface area contributed by atoms with E-state index in [-0.39, 0.29) is 25.2 Å². The van der Waals surface area contributed by atoms with Crippen molar-refractivity contribution in [2.24, 2.45) is 0 Å². The van der Waals surface area contributed by atoms with E-state index in [0.29, 0.717) is 30.1 Å². The Morgan fingerprint density at radius 3 is 2.28 bits per heavy atom. The standard InChI is InChI=1S/C25H28F2N4O4S/c1-17(2)36(33,34)30-10-8-29(9-11-30)23-16-28-31(21-14-19(26)13-20(27)15-21)25(32)22(23)12-18-6-4-5-7-24(18)35-3/h4-7,13-17H,8-12H2,1-3H3. The number of piperazine rings is 1. The Kier molecular flexibility index (Phi) is 7.41. The molecule has 2 aromatic carbocycles. The highest BCUT2D eigenvalue weighted by Crippen LogP contribution is 2.27. The Morgan fingerprint density at radius 1 is 1.03 bits per heavy atom. The van der Waals surface area contributed by atoms with E-state index in [0.717, 1.165) is 28.4 Å². The molecule has 0 atom stereocenters. The van der Waals surface area contributed by atoms with Crippen molar-refractivity contribution >= 4 is 15.7 Å². The van der Waals surface area contributed by atoms with Gasteiger partial charge in [-0.1, -0.05) is 18.2 Å². The van der Waals surface area contributed by atoms with Crippen molar-refractivity contribution in [2.45, 2.75) is 25.5 Å². The van der Waals surface area contributed by atoms with Crippen LogP contribution in [0.4, 0.5) is 14.5 Å². The van der Waals surface area contributed by atoms with Gasteiger partial charge in [0.05, 0.1) is 29.9 Å². The molecule has 3 aromatic rings. The number of hydrogen-bond donors (Lipinski definition) is 0. The molecule has 36 heavy (non-hydrogen) atoms. The highest BCUT2D eigenvalue weighted by molar-refractivity contribution is 7.89. The topological polar surface area (TPSA) is 84.7 Å². The van der Waals surface area contributed by atoms with Crippen molar-refractivity contribution in [3.05, 3.63) is 81.8 Å². The zero-order valence-corrected chi connectivity index (χ0v) is 21.1. The monoisotopic (exact) mass is 518 g/mol. The van der Waals surface area contributed by atoms with E-state index < -0.39 is 32.5 Å². The lowest BCUT2D eigenvalue weighted by atomic mass is 10.0. The van der Waals surface area contributed by atoms with Crippen LogP contribution in [0.5, 0.6) is 5.75 Å². The maximum Gasteiger partial charge on any atom is 0.277 e. The predicted molar refractivity (Wildman–Crippen MR) is 133 cm³/mol. The van der Waals surface area contributed by atoms with Crippen molar-refractivity contribution < 1.29 is 21.9 Å². The molecular formula is C25H28F2N4O4S. The van der Waals surface area contributed by atoms with Crippen molar-refractivity contribution in [1.29, 1.82) is 0 Å². The van der Waals surface area contributed by atoms with Crippen molar-refractivity contribution in [2.75, 3.05) is 38.2 Å². The van der Waals surface area contributed by atoms with Crippen LogP contribution < -0.4 is 15.2 Å². The number of rotatable bonds is 7. The largest absolute Gasteiger partial charge is 0.496 e. The molecule has 0 saturated carbocycles. The molecule has 0 spiro atoms. The fraction of sp³-hybridized carbons (Fsp3) is 0.360. The van der Waals surface area contributed by atoms with Gasteiger partial charge in [-0.2, -0.15) is 14.1 Å². The van der Waals surface area contributed by atoms with Gasteiger partial charge in [0.1, 0.15) is 17.4 Å². The molecule has 4 rings (SSSR count). The van der Waals surface area contributed by atoms with E-state index in [1.807, 2.05) is 23.1 Å². The summed E-state index contributed by atoms with van der Waals surface area (Å²) in [5.41, 5.74) is 1.10. The third-order valence-electron chi connectivity index (χ3n) is 6.24. The lowest BCUT2D eigenvalue weighted by Gasteiger charge is -2.36. The summed E-state index contributed by atoms with van der Waals surface area (Å²) in [6.07, 6.45) is 1.67. The third kappa shape index (κ3) is 5.12. The van der Waals surface area contributed by atoms with E-state index >= 15 is 0 Å². The second-order valence-corrected chi connectivity index (χ2v) is 11.3. The SMILES string of the molecule is COc1ccccc1Cc1c(N2CCN(S(=O)(=O)C(C)C)CC2)cnn(-c2cc(F)cc(F)c2)c1=O.